The quantitative estimate of drug-likeness (QED) is 0.465. The number of benzene rings is 3. The van der Waals surface area contributed by atoms with Crippen LogP contribution in [0.5, 0.6) is 11.5 Å². The summed E-state index contributed by atoms with van der Waals surface area (Å²) in [5.41, 5.74) is 3.04. The van der Waals surface area contributed by atoms with Crippen molar-refractivity contribution in [2.24, 2.45) is 0 Å². The standard InChI is InChI=1S/C27H27ClN2O4/c1-30(16-18-3-7-20(8-4-18)26(31)29-23-12-13-23)27(32)21-9-14-24(25(15-21)33-2)34-17-19-5-10-22(28)11-6-19/h3-11,14-15,23H,12-13,16-17H2,1-2H3,(H,29,31). The first-order valence-corrected chi connectivity index (χ1v) is 11.5. The summed E-state index contributed by atoms with van der Waals surface area (Å²) in [6, 6.07) is 20.2. The minimum absolute atomic E-state index is 0.0519. The van der Waals surface area contributed by atoms with Gasteiger partial charge in [-0.2, -0.15) is 0 Å². The maximum Gasteiger partial charge on any atom is 0.254 e. The third kappa shape index (κ3) is 6.08. The van der Waals surface area contributed by atoms with E-state index < -0.39 is 0 Å². The van der Waals surface area contributed by atoms with Crippen molar-refractivity contribution in [3.63, 3.8) is 0 Å². The van der Waals surface area contributed by atoms with Gasteiger partial charge in [-0.25, -0.2) is 0 Å². The van der Waals surface area contributed by atoms with E-state index in [1.807, 2.05) is 36.4 Å². The molecule has 0 radical (unpaired) electrons. The highest BCUT2D eigenvalue weighted by Crippen LogP contribution is 2.29. The molecule has 0 aliphatic heterocycles. The molecule has 0 heterocycles. The van der Waals surface area contributed by atoms with E-state index in [1.165, 1.54) is 0 Å². The van der Waals surface area contributed by atoms with Crippen LogP contribution >= 0.6 is 11.6 Å². The SMILES string of the molecule is COc1cc(C(=O)N(C)Cc2ccc(C(=O)NC3CC3)cc2)ccc1OCc1ccc(Cl)cc1. The van der Waals surface area contributed by atoms with Crippen LogP contribution in [0.1, 0.15) is 44.7 Å². The molecule has 3 aromatic rings. The first kappa shape index (κ1) is 23.6. The van der Waals surface area contributed by atoms with Crippen molar-refractivity contribution in [2.75, 3.05) is 14.2 Å². The summed E-state index contributed by atoms with van der Waals surface area (Å²) in [6.07, 6.45) is 2.11. The zero-order chi connectivity index (χ0) is 24.1. The fourth-order valence-electron chi connectivity index (χ4n) is 3.49. The molecule has 1 saturated carbocycles. The number of rotatable bonds is 9. The van der Waals surface area contributed by atoms with Crippen LogP contribution in [0.2, 0.25) is 5.02 Å². The molecule has 1 aliphatic carbocycles. The number of carbonyl (C=O) groups excluding carboxylic acids is 2. The Hall–Kier alpha value is -3.51. The number of carbonyl (C=O) groups is 2. The molecule has 1 fully saturated rings. The highest BCUT2D eigenvalue weighted by Gasteiger charge is 2.23. The van der Waals surface area contributed by atoms with Gasteiger partial charge in [0.25, 0.3) is 11.8 Å². The summed E-state index contributed by atoms with van der Waals surface area (Å²) >= 11 is 5.93. The van der Waals surface area contributed by atoms with Crippen LogP contribution in [0.15, 0.2) is 66.7 Å². The van der Waals surface area contributed by atoms with Crippen molar-refractivity contribution in [1.29, 1.82) is 0 Å². The molecule has 2 amide bonds. The maximum atomic E-state index is 13.0. The average Bonchev–Trinajstić information content (AvgIpc) is 3.67. The van der Waals surface area contributed by atoms with Crippen molar-refractivity contribution >= 4 is 23.4 Å². The molecular weight excluding hydrogens is 452 g/mol. The van der Waals surface area contributed by atoms with Gasteiger partial charge in [0.15, 0.2) is 11.5 Å². The van der Waals surface area contributed by atoms with Crippen LogP contribution in [-0.2, 0) is 13.2 Å². The molecule has 1 N–H and O–H groups in total. The molecule has 7 heteroatoms. The Morgan fingerprint density at radius 1 is 0.941 bits per heavy atom. The molecular formula is C27H27ClN2O4. The summed E-state index contributed by atoms with van der Waals surface area (Å²) in [6.45, 7) is 0.774. The second kappa shape index (κ2) is 10.6. The average molecular weight is 479 g/mol. The lowest BCUT2D eigenvalue weighted by Gasteiger charge is -2.19. The Bertz CT molecular complexity index is 1160. The van der Waals surface area contributed by atoms with E-state index >= 15 is 0 Å². The molecule has 0 bridgehead atoms. The van der Waals surface area contributed by atoms with Crippen molar-refractivity contribution in [3.05, 3.63) is 94.0 Å². The highest BCUT2D eigenvalue weighted by atomic mass is 35.5. The number of methoxy groups -OCH3 is 1. The molecule has 0 aromatic heterocycles. The molecule has 3 aromatic carbocycles. The summed E-state index contributed by atoms with van der Waals surface area (Å²) in [4.78, 5) is 26.8. The lowest BCUT2D eigenvalue weighted by atomic mass is 10.1. The summed E-state index contributed by atoms with van der Waals surface area (Å²) in [5, 5.41) is 3.64. The van der Waals surface area contributed by atoms with Crippen molar-refractivity contribution in [1.82, 2.24) is 10.2 Å². The molecule has 4 rings (SSSR count). The lowest BCUT2D eigenvalue weighted by Crippen LogP contribution is -2.27. The third-order valence-electron chi connectivity index (χ3n) is 5.61. The number of amides is 2. The van der Waals surface area contributed by atoms with E-state index in [0.717, 1.165) is 24.0 Å². The predicted octanol–water partition coefficient (Wildman–Crippen LogP) is 5.09. The molecule has 0 atom stereocenters. The smallest absolute Gasteiger partial charge is 0.254 e. The number of hydrogen-bond acceptors (Lipinski definition) is 4. The van der Waals surface area contributed by atoms with Gasteiger partial charge in [-0.05, 0) is 66.4 Å². The van der Waals surface area contributed by atoms with Crippen LogP contribution < -0.4 is 14.8 Å². The predicted molar refractivity (Wildman–Crippen MR) is 132 cm³/mol. The molecule has 34 heavy (non-hydrogen) atoms. The highest BCUT2D eigenvalue weighted by molar-refractivity contribution is 6.30. The number of halogens is 1. The van der Waals surface area contributed by atoms with Crippen LogP contribution in [0.3, 0.4) is 0 Å². The van der Waals surface area contributed by atoms with Crippen LogP contribution in [-0.4, -0.2) is 36.9 Å². The second-order valence-corrected chi connectivity index (χ2v) is 8.82. The molecule has 6 nitrogen and oxygen atoms in total. The van der Waals surface area contributed by atoms with E-state index in [4.69, 9.17) is 21.1 Å². The van der Waals surface area contributed by atoms with Crippen LogP contribution in [0.4, 0.5) is 0 Å². The molecule has 0 unspecified atom stereocenters. The lowest BCUT2D eigenvalue weighted by molar-refractivity contribution is 0.0784. The Labute approximate surface area is 204 Å². The molecule has 0 saturated heterocycles. The van der Waals surface area contributed by atoms with Gasteiger partial charge in [0.05, 0.1) is 7.11 Å². The molecule has 1 aliphatic rings. The van der Waals surface area contributed by atoms with Gasteiger partial charge in [0.1, 0.15) is 6.61 Å². The van der Waals surface area contributed by atoms with Crippen LogP contribution in [0.25, 0.3) is 0 Å². The number of nitrogens with one attached hydrogen (secondary N) is 1. The van der Waals surface area contributed by atoms with Crippen molar-refractivity contribution < 1.29 is 19.1 Å². The largest absolute Gasteiger partial charge is 0.493 e. The first-order chi connectivity index (χ1) is 16.4. The van der Waals surface area contributed by atoms with E-state index in [1.54, 1.807) is 49.4 Å². The van der Waals surface area contributed by atoms with Gasteiger partial charge < -0.3 is 19.7 Å². The minimum Gasteiger partial charge on any atom is -0.493 e. The van der Waals surface area contributed by atoms with Gasteiger partial charge in [0.2, 0.25) is 0 Å². The van der Waals surface area contributed by atoms with Gasteiger partial charge in [-0.1, -0.05) is 35.9 Å². The van der Waals surface area contributed by atoms with Crippen molar-refractivity contribution in [2.45, 2.75) is 32.0 Å². The Kier molecular flexibility index (Phi) is 7.38. The van der Waals surface area contributed by atoms with Gasteiger partial charge >= 0.3 is 0 Å². The molecule has 0 spiro atoms. The van der Waals surface area contributed by atoms with E-state index in [-0.39, 0.29) is 11.8 Å². The fraction of sp³-hybridized carbons (Fsp3) is 0.259. The summed E-state index contributed by atoms with van der Waals surface area (Å²) in [7, 11) is 3.29. The van der Waals surface area contributed by atoms with Gasteiger partial charge in [-0.15, -0.1) is 0 Å². The second-order valence-electron chi connectivity index (χ2n) is 8.39. The Balaban J connectivity index is 1.37. The number of ether oxygens (including phenoxy) is 2. The summed E-state index contributed by atoms with van der Waals surface area (Å²) < 4.78 is 11.3. The minimum atomic E-state index is -0.141. The monoisotopic (exact) mass is 478 g/mol. The van der Waals surface area contributed by atoms with E-state index in [2.05, 4.69) is 5.32 Å². The van der Waals surface area contributed by atoms with E-state index in [9.17, 15) is 9.59 Å². The zero-order valence-electron chi connectivity index (χ0n) is 19.2. The van der Waals surface area contributed by atoms with Gasteiger partial charge in [0, 0.05) is 35.8 Å². The van der Waals surface area contributed by atoms with Gasteiger partial charge in [-0.3, -0.25) is 9.59 Å². The molecule has 176 valence electrons. The van der Waals surface area contributed by atoms with Crippen LogP contribution in [0, 0.1) is 0 Å². The fourth-order valence-corrected chi connectivity index (χ4v) is 3.61. The first-order valence-electron chi connectivity index (χ1n) is 11.1. The summed E-state index contributed by atoms with van der Waals surface area (Å²) in [5.74, 6) is 0.845. The number of hydrogen-bond donors (Lipinski definition) is 1. The maximum absolute atomic E-state index is 13.0. The zero-order valence-corrected chi connectivity index (χ0v) is 20.0. The number of nitrogens with zero attached hydrogens (tertiary/aromatic N) is 1. The normalized spacial score (nSPS) is 12.7. The Morgan fingerprint density at radius 2 is 1.59 bits per heavy atom. The Morgan fingerprint density at radius 3 is 2.24 bits per heavy atom. The van der Waals surface area contributed by atoms with E-state index in [0.29, 0.717) is 46.8 Å². The third-order valence-corrected chi connectivity index (χ3v) is 5.87. The van der Waals surface area contributed by atoms with Crippen molar-refractivity contribution in [3.8, 4) is 11.5 Å². The topological polar surface area (TPSA) is 67.9 Å².